The molecule has 0 saturated carbocycles. The van der Waals surface area contributed by atoms with Gasteiger partial charge in [0.25, 0.3) is 0 Å². The van der Waals surface area contributed by atoms with E-state index in [4.69, 9.17) is 12.0 Å². The van der Waals surface area contributed by atoms with Crippen molar-refractivity contribution in [1.82, 2.24) is 0 Å². The fourth-order valence-corrected chi connectivity index (χ4v) is 1.16. The Bertz CT molecular complexity index is 215. The molecule has 0 radical (unpaired) electrons. The van der Waals surface area contributed by atoms with Crippen LogP contribution in [0.1, 0.15) is 32.6 Å². The first-order valence-electron chi connectivity index (χ1n) is 4.40. The van der Waals surface area contributed by atoms with Gasteiger partial charge in [-0.05, 0) is 18.4 Å². The van der Waals surface area contributed by atoms with Gasteiger partial charge in [0.05, 0.1) is 6.10 Å². The van der Waals surface area contributed by atoms with E-state index in [1.165, 1.54) is 0 Å². The lowest BCUT2D eigenvalue weighted by Gasteiger charge is -2.12. The minimum Gasteiger partial charge on any atom is -0.392 e. The van der Waals surface area contributed by atoms with Crippen LogP contribution in [0.3, 0.4) is 0 Å². The first kappa shape index (κ1) is 11.8. The SMILES string of the molecule is C#CC[C@@H](O)C[C@@H](CCC)N=[N+]=[N-]. The van der Waals surface area contributed by atoms with Crippen molar-refractivity contribution in [2.45, 2.75) is 44.8 Å². The summed E-state index contributed by atoms with van der Waals surface area (Å²) < 4.78 is 0. The molecule has 0 rings (SSSR count). The number of rotatable bonds is 6. The number of azide groups is 1. The Balaban J connectivity index is 3.94. The second kappa shape index (κ2) is 7.48. The third-order valence-corrected chi connectivity index (χ3v) is 1.73. The highest BCUT2D eigenvalue weighted by atomic mass is 16.3. The van der Waals surface area contributed by atoms with Gasteiger partial charge in [0.15, 0.2) is 0 Å². The molecule has 2 atom stereocenters. The Kier molecular flexibility index (Phi) is 6.80. The van der Waals surface area contributed by atoms with Gasteiger partial charge in [-0.2, -0.15) is 0 Å². The van der Waals surface area contributed by atoms with E-state index in [0.29, 0.717) is 12.8 Å². The quantitative estimate of drug-likeness (QED) is 0.290. The number of hydrogen-bond acceptors (Lipinski definition) is 2. The van der Waals surface area contributed by atoms with Crippen LogP contribution in [0.4, 0.5) is 0 Å². The molecule has 0 unspecified atom stereocenters. The Morgan fingerprint density at radius 1 is 1.69 bits per heavy atom. The number of terminal acetylenes is 1. The Morgan fingerprint density at radius 3 is 2.85 bits per heavy atom. The van der Waals surface area contributed by atoms with Gasteiger partial charge in [0.1, 0.15) is 0 Å². The number of aliphatic hydroxyl groups excluding tert-OH is 1. The van der Waals surface area contributed by atoms with Gasteiger partial charge >= 0.3 is 0 Å². The van der Waals surface area contributed by atoms with Gasteiger partial charge in [0, 0.05) is 17.4 Å². The van der Waals surface area contributed by atoms with Crippen molar-refractivity contribution in [1.29, 1.82) is 0 Å². The number of hydrogen-bond donors (Lipinski definition) is 1. The molecule has 4 heteroatoms. The molecule has 0 saturated heterocycles. The summed E-state index contributed by atoms with van der Waals surface area (Å²) in [6.07, 6.45) is 7.01. The topological polar surface area (TPSA) is 69.0 Å². The molecule has 0 heterocycles. The van der Waals surface area contributed by atoms with Crippen molar-refractivity contribution in [2.24, 2.45) is 5.11 Å². The normalized spacial score (nSPS) is 13.9. The number of aliphatic hydroxyl groups is 1. The van der Waals surface area contributed by atoms with Crippen LogP contribution in [0.25, 0.3) is 10.4 Å². The maximum atomic E-state index is 9.35. The fraction of sp³-hybridized carbons (Fsp3) is 0.778. The highest BCUT2D eigenvalue weighted by Gasteiger charge is 2.11. The summed E-state index contributed by atoms with van der Waals surface area (Å²) in [5.74, 6) is 2.37. The minimum atomic E-state index is -0.549. The van der Waals surface area contributed by atoms with E-state index >= 15 is 0 Å². The lowest BCUT2D eigenvalue weighted by atomic mass is 10.0. The molecule has 72 valence electrons. The molecule has 1 N–H and O–H groups in total. The van der Waals surface area contributed by atoms with Gasteiger partial charge in [-0.25, -0.2) is 0 Å². The average Bonchev–Trinajstić information content (AvgIpc) is 2.05. The Hall–Kier alpha value is -1.17. The van der Waals surface area contributed by atoms with E-state index in [1.54, 1.807) is 0 Å². The first-order valence-corrected chi connectivity index (χ1v) is 4.40. The molecular formula is C9H15N3O. The average molecular weight is 181 g/mol. The maximum absolute atomic E-state index is 9.35. The zero-order chi connectivity index (χ0) is 10.1. The fourth-order valence-electron chi connectivity index (χ4n) is 1.16. The van der Waals surface area contributed by atoms with Crippen LogP contribution in [-0.2, 0) is 0 Å². The van der Waals surface area contributed by atoms with Crippen LogP contribution in [0.15, 0.2) is 5.11 Å². The van der Waals surface area contributed by atoms with Crippen LogP contribution >= 0.6 is 0 Å². The lowest BCUT2D eigenvalue weighted by molar-refractivity contribution is 0.159. The van der Waals surface area contributed by atoms with E-state index in [1.807, 2.05) is 6.92 Å². The summed E-state index contributed by atoms with van der Waals surface area (Å²) in [4.78, 5) is 2.73. The molecule has 0 aromatic rings. The largest absolute Gasteiger partial charge is 0.392 e. The van der Waals surface area contributed by atoms with Gasteiger partial charge in [-0.1, -0.05) is 18.5 Å². The molecule has 0 aromatic carbocycles. The number of nitrogens with zero attached hydrogens (tertiary/aromatic N) is 3. The summed E-state index contributed by atoms with van der Waals surface area (Å²) >= 11 is 0. The van der Waals surface area contributed by atoms with Crippen molar-refractivity contribution in [3.8, 4) is 12.3 Å². The van der Waals surface area contributed by atoms with Crippen LogP contribution in [-0.4, -0.2) is 17.3 Å². The zero-order valence-electron chi connectivity index (χ0n) is 7.85. The third kappa shape index (κ3) is 6.03. The van der Waals surface area contributed by atoms with E-state index in [0.717, 1.165) is 12.8 Å². The van der Waals surface area contributed by atoms with Crippen LogP contribution in [0.5, 0.6) is 0 Å². The molecule has 0 spiro atoms. The molecule has 4 nitrogen and oxygen atoms in total. The highest BCUT2D eigenvalue weighted by molar-refractivity contribution is 4.88. The predicted molar refractivity (Wildman–Crippen MR) is 51.9 cm³/mol. The molecular weight excluding hydrogens is 166 g/mol. The predicted octanol–water partition coefficient (Wildman–Crippen LogP) is 2.24. The third-order valence-electron chi connectivity index (χ3n) is 1.73. The molecule has 13 heavy (non-hydrogen) atoms. The maximum Gasteiger partial charge on any atom is 0.0653 e. The van der Waals surface area contributed by atoms with Crippen LogP contribution in [0.2, 0.25) is 0 Å². The molecule has 0 aliphatic rings. The van der Waals surface area contributed by atoms with Crippen molar-refractivity contribution in [2.75, 3.05) is 0 Å². The summed E-state index contributed by atoms with van der Waals surface area (Å²) in [6.45, 7) is 2.01. The highest BCUT2D eigenvalue weighted by Crippen LogP contribution is 2.11. The van der Waals surface area contributed by atoms with Gasteiger partial charge < -0.3 is 5.11 Å². The second-order valence-corrected chi connectivity index (χ2v) is 2.95. The summed E-state index contributed by atoms with van der Waals surface area (Å²) in [6, 6.07) is -0.127. The van der Waals surface area contributed by atoms with E-state index in [2.05, 4.69) is 15.9 Å². The van der Waals surface area contributed by atoms with E-state index < -0.39 is 6.10 Å². The summed E-state index contributed by atoms with van der Waals surface area (Å²) in [5, 5.41) is 12.9. The van der Waals surface area contributed by atoms with Crippen molar-refractivity contribution < 1.29 is 5.11 Å². The summed E-state index contributed by atoms with van der Waals surface area (Å²) in [5.41, 5.74) is 8.24. The Labute approximate surface area is 78.6 Å². The monoisotopic (exact) mass is 181 g/mol. The zero-order valence-corrected chi connectivity index (χ0v) is 7.85. The second-order valence-electron chi connectivity index (χ2n) is 2.95. The lowest BCUT2D eigenvalue weighted by Crippen LogP contribution is -2.15. The van der Waals surface area contributed by atoms with Crippen molar-refractivity contribution in [3.05, 3.63) is 10.4 Å². The molecule has 0 fully saturated rings. The van der Waals surface area contributed by atoms with Crippen LogP contribution < -0.4 is 0 Å². The van der Waals surface area contributed by atoms with Gasteiger partial charge in [-0.15, -0.1) is 12.3 Å². The van der Waals surface area contributed by atoms with Gasteiger partial charge in [-0.3, -0.25) is 0 Å². The van der Waals surface area contributed by atoms with Gasteiger partial charge in [0.2, 0.25) is 0 Å². The first-order chi connectivity index (χ1) is 6.24. The van der Waals surface area contributed by atoms with Crippen molar-refractivity contribution in [3.63, 3.8) is 0 Å². The molecule has 0 aromatic heterocycles. The van der Waals surface area contributed by atoms with Crippen molar-refractivity contribution >= 4 is 0 Å². The molecule has 0 aliphatic carbocycles. The minimum absolute atomic E-state index is 0.127. The smallest absolute Gasteiger partial charge is 0.0653 e. The molecule has 0 aliphatic heterocycles. The standard InChI is InChI=1S/C9H15N3O/c1-3-5-8(11-12-10)7-9(13)6-4-2/h2,8-9,13H,3,5-7H2,1H3/t8-,9-/m1/s1. The van der Waals surface area contributed by atoms with Crippen LogP contribution in [0, 0.1) is 12.3 Å². The Morgan fingerprint density at radius 2 is 2.38 bits per heavy atom. The summed E-state index contributed by atoms with van der Waals surface area (Å²) in [7, 11) is 0. The van der Waals surface area contributed by atoms with E-state index in [9.17, 15) is 5.11 Å². The molecule has 0 amide bonds. The molecule has 0 bridgehead atoms. The van der Waals surface area contributed by atoms with E-state index in [-0.39, 0.29) is 6.04 Å².